The van der Waals surface area contributed by atoms with E-state index in [2.05, 4.69) is 66.0 Å². The number of nitrogens with one attached hydrogen (secondary N) is 2. The Morgan fingerprint density at radius 1 is 0.635 bits per heavy atom. The molecular weight excluding hydrogens is 777 g/mol. The number of rotatable bonds is 0. The zero-order chi connectivity index (χ0) is 43.1. The molecule has 0 radical (unpaired) electrons. The van der Waals surface area contributed by atoms with Gasteiger partial charge in [-0.25, -0.2) is 0 Å². The first kappa shape index (κ1) is 45.2. The second-order valence-corrected chi connectivity index (χ2v) is 25.4. The van der Waals surface area contributed by atoms with E-state index in [-0.39, 0.29) is 24.0 Å². The Kier molecular flexibility index (Phi) is 11.7. The van der Waals surface area contributed by atoms with Crippen LogP contribution in [0.15, 0.2) is 33.9 Å². The number of Topliss-reactive ketones (excluding diaryl/α,β-unsaturated/α-hetero) is 1. The summed E-state index contributed by atoms with van der Waals surface area (Å²) in [7, 11) is 0. The van der Waals surface area contributed by atoms with E-state index >= 15 is 0 Å². The molecule has 0 aromatic rings. The van der Waals surface area contributed by atoms with Crippen LogP contribution in [0, 0.1) is 75.9 Å². The summed E-state index contributed by atoms with van der Waals surface area (Å²) in [5.74, 6) is 8.97. The summed E-state index contributed by atoms with van der Waals surface area (Å²) in [5.41, 5.74) is 9.18. The topological polar surface area (TPSA) is 76.7 Å². The SMILES string of the molecule is C.CC1=C2C[C@H]3[C@@H](CCC4=CC(=O)CC[C@@]43C)[C@@H]2CC[C@@]2(C1)O[C@@H]1C[C@H](C)CN[C@H]1[C@H]2C.CC1=C2C[C@H]3[C@@H](CC[C@@H]4CC(=O)CC[C@@]43C)[C@@H]2CC[C@@]2(C1)O[C@@H]1C[C@H](C)CN[C@H]1[C@H]2C. The predicted molar refractivity (Wildman–Crippen MR) is 254 cm³/mol. The molecule has 4 aliphatic heterocycles. The van der Waals surface area contributed by atoms with Crippen molar-refractivity contribution in [3.8, 4) is 0 Å². The van der Waals surface area contributed by atoms with Crippen molar-refractivity contribution in [3.05, 3.63) is 33.9 Å². The normalized spacial score (nSPS) is 52.1. The van der Waals surface area contributed by atoms with Crippen LogP contribution in [0.3, 0.4) is 0 Å². The van der Waals surface area contributed by atoms with Gasteiger partial charge in [0.1, 0.15) is 5.78 Å². The average Bonchev–Trinajstić information content (AvgIpc) is 3.91. The van der Waals surface area contributed by atoms with Gasteiger partial charge in [-0.2, -0.15) is 0 Å². The Labute approximate surface area is 383 Å². The molecule has 9 fully saturated rings. The van der Waals surface area contributed by atoms with Crippen LogP contribution in [0.5, 0.6) is 0 Å². The number of ether oxygens (including phenoxy) is 2. The number of fused-ring (bicyclic) bond motifs is 12. The highest BCUT2D eigenvalue weighted by Gasteiger charge is 2.61. The predicted octanol–water partition coefficient (Wildman–Crippen LogP) is 11.9. The van der Waals surface area contributed by atoms with Gasteiger partial charge in [-0.3, -0.25) is 9.59 Å². The molecule has 8 aliphatic carbocycles. The molecular formula is C57H88N2O4. The Hall–Kier alpha value is -1.60. The molecule has 4 saturated heterocycles. The lowest BCUT2D eigenvalue weighted by atomic mass is 9.52. The molecule has 2 spiro atoms. The first-order valence-corrected chi connectivity index (χ1v) is 26.6. The summed E-state index contributed by atoms with van der Waals surface area (Å²) in [6, 6.07) is 1.09. The van der Waals surface area contributed by atoms with E-state index in [1.165, 1.54) is 76.2 Å². The molecule has 2 N–H and O–H groups in total. The summed E-state index contributed by atoms with van der Waals surface area (Å²) in [5, 5.41) is 7.70. The van der Waals surface area contributed by atoms with Gasteiger partial charge in [0.2, 0.25) is 0 Å². The van der Waals surface area contributed by atoms with E-state index in [0.29, 0.717) is 59.0 Å². The van der Waals surface area contributed by atoms with Crippen LogP contribution in [0.1, 0.15) is 185 Å². The minimum absolute atomic E-state index is 0. The Morgan fingerprint density at radius 3 is 1.78 bits per heavy atom. The number of carbonyl (C=O) groups is 2. The molecule has 0 bridgehead atoms. The molecule has 19 atom stereocenters. The highest BCUT2D eigenvalue weighted by atomic mass is 16.5. The van der Waals surface area contributed by atoms with Crippen molar-refractivity contribution in [2.75, 3.05) is 13.1 Å². The van der Waals surface area contributed by atoms with Crippen LogP contribution in [-0.4, -0.2) is 60.1 Å². The zero-order valence-corrected chi connectivity index (χ0v) is 40.2. The van der Waals surface area contributed by atoms with Crippen LogP contribution in [0.2, 0.25) is 0 Å². The molecule has 6 nitrogen and oxygen atoms in total. The summed E-state index contributed by atoms with van der Waals surface area (Å²) in [6.07, 6.45) is 25.0. The minimum atomic E-state index is 0. The maximum atomic E-state index is 12.2. The lowest BCUT2D eigenvalue weighted by molar-refractivity contribution is -0.129. The molecule has 0 aromatic heterocycles. The van der Waals surface area contributed by atoms with Crippen molar-refractivity contribution < 1.29 is 19.1 Å². The number of carbonyl (C=O) groups excluding carboxylic acids is 2. The summed E-state index contributed by atoms with van der Waals surface area (Å²) >= 11 is 0. The molecule has 4 heterocycles. The van der Waals surface area contributed by atoms with Crippen molar-refractivity contribution in [3.63, 3.8) is 0 Å². The molecule has 0 amide bonds. The average molecular weight is 865 g/mol. The van der Waals surface area contributed by atoms with Gasteiger partial charge in [-0.15, -0.1) is 0 Å². The molecule has 6 heteroatoms. The van der Waals surface area contributed by atoms with Crippen LogP contribution >= 0.6 is 0 Å². The van der Waals surface area contributed by atoms with Gasteiger partial charge >= 0.3 is 0 Å². The van der Waals surface area contributed by atoms with Crippen molar-refractivity contribution in [2.24, 2.45) is 75.9 Å². The van der Waals surface area contributed by atoms with Gasteiger partial charge in [-0.1, -0.05) is 76.8 Å². The molecule has 5 saturated carbocycles. The number of hydrogen-bond donors (Lipinski definition) is 2. The third-order valence-corrected chi connectivity index (χ3v) is 22.4. The lowest BCUT2D eigenvalue weighted by Crippen LogP contribution is -2.48. The number of allylic oxidation sites excluding steroid dienone is 4. The van der Waals surface area contributed by atoms with Gasteiger partial charge in [0.15, 0.2) is 5.78 Å². The standard InChI is InChI=1S/C28H43NO2.C28H41NO2.CH4/c2*1-16-11-25-26(29-15-16)18(3)28(31-25)10-8-21-22-6-5-19-12-20(30)7-9-27(19,4)24(22)13-23(21)17(2)14-28;/h16,18-19,21-22,24-26,29H,5-15H2,1-4H3;12,16,18,21-22,24-26,29H,5-11,13-15H2,1-4H3;1H4/t16-,18+,19+,21-,22-,24-,25+,26-,27-,28-;16-,18+,21-,22-,24-,25+,26-,27-,28-;/m00./s1. The fraction of sp³-hybridized carbons (Fsp3) is 0.860. The largest absolute Gasteiger partial charge is 0.369 e. The second-order valence-electron chi connectivity index (χ2n) is 25.4. The third-order valence-electron chi connectivity index (χ3n) is 22.4. The summed E-state index contributed by atoms with van der Waals surface area (Å²) < 4.78 is 14.0. The fourth-order valence-electron chi connectivity index (χ4n) is 18.7. The van der Waals surface area contributed by atoms with E-state index in [4.69, 9.17) is 9.47 Å². The van der Waals surface area contributed by atoms with E-state index in [1.54, 1.807) is 16.7 Å². The first-order valence-electron chi connectivity index (χ1n) is 26.6. The van der Waals surface area contributed by atoms with E-state index in [0.717, 1.165) is 112 Å². The van der Waals surface area contributed by atoms with E-state index in [9.17, 15) is 9.59 Å². The lowest BCUT2D eigenvalue weighted by Gasteiger charge is -2.52. The Balaban J connectivity index is 0.000000147. The maximum Gasteiger partial charge on any atom is 0.155 e. The van der Waals surface area contributed by atoms with Gasteiger partial charge in [0.05, 0.1) is 23.4 Å². The van der Waals surface area contributed by atoms with Gasteiger partial charge in [-0.05, 0) is 200 Å². The second kappa shape index (κ2) is 16.3. The maximum absolute atomic E-state index is 12.2. The number of hydrogen-bond acceptors (Lipinski definition) is 6. The van der Waals surface area contributed by atoms with E-state index in [1.807, 2.05) is 11.6 Å². The Morgan fingerprint density at radius 2 is 1.19 bits per heavy atom. The van der Waals surface area contributed by atoms with Gasteiger partial charge < -0.3 is 20.1 Å². The smallest absolute Gasteiger partial charge is 0.155 e. The fourth-order valence-corrected chi connectivity index (χ4v) is 18.7. The van der Waals surface area contributed by atoms with Crippen LogP contribution in [0.4, 0.5) is 0 Å². The zero-order valence-electron chi connectivity index (χ0n) is 40.2. The van der Waals surface area contributed by atoms with Gasteiger partial charge in [0.25, 0.3) is 0 Å². The molecule has 350 valence electrons. The van der Waals surface area contributed by atoms with Gasteiger partial charge in [0, 0.05) is 43.2 Å². The summed E-state index contributed by atoms with van der Waals surface area (Å²) in [6.45, 7) is 21.9. The van der Waals surface area contributed by atoms with Crippen molar-refractivity contribution in [2.45, 2.75) is 220 Å². The Bertz CT molecular complexity index is 1930. The number of ketones is 2. The molecule has 0 aromatic carbocycles. The quantitative estimate of drug-likeness (QED) is 0.236. The molecule has 0 unspecified atom stereocenters. The monoisotopic (exact) mass is 865 g/mol. The molecule has 63 heavy (non-hydrogen) atoms. The van der Waals surface area contributed by atoms with Crippen LogP contribution in [-0.2, 0) is 19.1 Å². The van der Waals surface area contributed by atoms with E-state index < -0.39 is 0 Å². The van der Waals surface area contributed by atoms with Crippen molar-refractivity contribution in [1.29, 1.82) is 0 Å². The van der Waals surface area contributed by atoms with Crippen LogP contribution in [0.25, 0.3) is 0 Å². The first-order chi connectivity index (χ1) is 29.6. The molecule has 12 rings (SSSR count). The van der Waals surface area contributed by atoms with Crippen molar-refractivity contribution >= 4 is 11.6 Å². The highest BCUT2D eigenvalue weighted by molar-refractivity contribution is 5.91. The number of piperidine rings is 2. The van der Waals surface area contributed by atoms with Crippen molar-refractivity contribution in [1.82, 2.24) is 10.6 Å². The summed E-state index contributed by atoms with van der Waals surface area (Å²) in [4.78, 5) is 24.3. The minimum Gasteiger partial charge on any atom is -0.369 e. The highest BCUT2D eigenvalue weighted by Crippen LogP contribution is 2.66. The third kappa shape index (κ3) is 7.09. The molecule has 12 aliphatic rings. The van der Waals surface area contributed by atoms with Crippen LogP contribution < -0.4 is 10.6 Å².